The zero-order chi connectivity index (χ0) is 18.0. The summed E-state index contributed by atoms with van der Waals surface area (Å²) in [5.41, 5.74) is 6.08. The molecule has 0 aliphatic heterocycles. The molecule has 25 heavy (non-hydrogen) atoms. The number of amides is 1. The molecule has 3 aromatic rings. The van der Waals surface area contributed by atoms with Gasteiger partial charge in [0, 0.05) is 16.7 Å². The summed E-state index contributed by atoms with van der Waals surface area (Å²) in [5, 5.41) is 5.12. The maximum Gasteiger partial charge on any atom is 0.291 e. The van der Waals surface area contributed by atoms with Crippen molar-refractivity contribution in [1.82, 2.24) is 10.6 Å². The fourth-order valence-corrected chi connectivity index (χ4v) is 3.16. The van der Waals surface area contributed by atoms with E-state index in [1.54, 1.807) is 24.3 Å². The van der Waals surface area contributed by atoms with Crippen molar-refractivity contribution in [3.8, 4) is 11.3 Å². The van der Waals surface area contributed by atoms with E-state index in [-0.39, 0.29) is 15.7 Å². The number of benzene rings is 2. The van der Waals surface area contributed by atoms with Crippen LogP contribution in [0.15, 0.2) is 47.0 Å². The molecule has 0 aliphatic rings. The van der Waals surface area contributed by atoms with Crippen LogP contribution in [-0.4, -0.2) is 11.1 Å². The van der Waals surface area contributed by atoms with E-state index in [0.717, 1.165) is 0 Å². The number of hydrazine groups is 1. The Morgan fingerprint density at radius 3 is 2.32 bits per heavy atom. The summed E-state index contributed by atoms with van der Waals surface area (Å²) in [7, 11) is 0. The third kappa shape index (κ3) is 4.02. The molecule has 0 unspecified atom stereocenters. The Morgan fingerprint density at radius 2 is 1.64 bits per heavy atom. The summed E-state index contributed by atoms with van der Waals surface area (Å²) in [5.74, 6) is -0.164. The van der Waals surface area contributed by atoms with Gasteiger partial charge in [0.25, 0.3) is 5.91 Å². The average Bonchev–Trinajstić information content (AvgIpc) is 3.04. The van der Waals surface area contributed by atoms with E-state index in [1.807, 2.05) is 0 Å². The molecule has 0 bridgehead atoms. The molecule has 0 atom stereocenters. The maximum atomic E-state index is 12.2. The van der Waals surface area contributed by atoms with E-state index >= 15 is 0 Å². The number of carbonyl (C=O) groups excluding carboxylic acids is 1. The summed E-state index contributed by atoms with van der Waals surface area (Å²) in [4.78, 5) is 12.2. The highest BCUT2D eigenvalue weighted by molar-refractivity contribution is 6.41. The lowest BCUT2D eigenvalue weighted by atomic mass is 10.1. The van der Waals surface area contributed by atoms with Gasteiger partial charge in [0.05, 0.1) is 20.8 Å². The topological polar surface area (TPSA) is 67.2 Å². The fourth-order valence-electron chi connectivity index (χ4n) is 2.02. The number of rotatable bonds is 4. The van der Waals surface area contributed by atoms with Gasteiger partial charge < -0.3 is 4.52 Å². The number of nitrogens with one attached hydrogen (secondary N) is 2. The monoisotopic (exact) mass is 415 g/mol. The lowest BCUT2D eigenvalue weighted by molar-refractivity contribution is 0.0954. The first kappa shape index (κ1) is 17.9. The highest BCUT2D eigenvalue weighted by Crippen LogP contribution is 2.33. The van der Waals surface area contributed by atoms with Crippen LogP contribution in [-0.2, 0) is 0 Å². The molecule has 3 rings (SSSR count). The molecule has 9 heteroatoms. The van der Waals surface area contributed by atoms with Crippen LogP contribution in [0.2, 0.25) is 20.1 Å². The van der Waals surface area contributed by atoms with Gasteiger partial charge in [-0.2, -0.15) is 0 Å². The molecular weight excluding hydrogens is 408 g/mol. The van der Waals surface area contributed by atoms with Crippen molar-refractivity contribution in [2.75, 3.05) is 5.43 Å². The van der Waals surface area contributed by atoms with Crippen molar-refractivity contribution >= 4 is 58.0 Å². The second kappa shape index (κ2) is 7.54. The van der Waals surface area contributed by atoms with Gasteiger partial charge in [0.1, 0.15) is 0 Å². The number of hydrogen-bond donors (Lipinski definition) is 2. The zero-order valence-corrected chi connectivity index (χ0v) is 15.3. The van der Waals surface area contributed by atoms with Crippen molar-refractivity contribution in [3.05, 3.63) is 68.2 Å². The Balaban J connectivity index is 1.74. The summed E-state index contributed by atoms with van der Waals surface area (Å²) in [6.45, 7) is 0. The predicted molar refractivity (Wildman–Crippen MR) is 99.5 cm³/mol. The van der Waals surface area contributed by atoms with Crippen LogP contribution in [0, 0.1) is 0 Å². The molecule has 1 heterocycles. The number of aromatic nitrogens is 1. The van der Waals surface area contributed by atoms with E-state index in [1.165, 1.54) is 18.2 Å². The first-order chi connectivity index (χ1) is 12.0. The Morgan fingerprint density at radius 1 is 0.960 bits per heavy atom. The normalized spacial score (nSPS) is 10.6. The van der Waals surface area contributed by atoms with Gasteiger partial charge in [0.2, 0.25) is 0 Å². The van der Waals surface area contributed by atoms with E-state index in [0.29, 0.717) is 27.1 Å². The van der Waals surface area contributed by atoms with Crippen molar-refractivity contribution < 1.29 is 9.32 Å². The molecule has 5 nitrogen and oxygen atoms in total. The van der Waals surface area contributed by atoms with Crippen LogP contribution >= 0.6 is 46.4 Å². The number of carbonyl (C=O) groups is 1. The summed E-state index contributed by atoms with van der Waals surface area (Å²) < 4.78 is 5.18. The summed E-state index contributed by atoms with van der Waals surface area (Å²) in [6.07, 6.45) is 0. The van der Waals surface area contributed by atoms with Crippen LogP contribution in [0.1, 0.15) is 10.5 Å². The zero-order valence-electron chi connectivity index (χ0n) is 12.3. The van der Waals surface area contributed by atoms with E-state index in [2.05, 4.69) is 16.0 Å². The molecule has 0 spiro atoms. The Hall–Kier alpha value is -1.92. The molecule has 2 aromatic carbocycles. The second-order valence-corrected chi connectivity index (χ2v) is 6.54. The summed E-state index contributed by atoms with van der Waals surface area (Å²) in [6, 6.07) is 11.5. The van der Waals surface area contributed by atoms with Gasteiger partial charge >= 0.3 is 0 Å². The third-order valence-corrected chi connectivity index (χ3v) is 4.33. The lowest BCUT2D eigenvalue weighted by Gasteiger charge is -2.11. The minimum Gasteiger partial charge on any atom is -0.355 e. The van der Waals surface area contributed by atoms with Gasteiger partial charge in [-0.15, -0.1) is 0 Å². The SMILES string of the molecule is O=C(NNc1c(Cl)cc(Cl)cc1Cl)c1cc(-c2ccccc2Cl)on1. The Bertz CT molecular complexity index is 920. The van der Waals surface area contributed by atoms with Gasteiger partial charge in [0.15, 0.2) is 11.5 Å². The Kier molecular flexibility index (Phi) is 5.39. The molecule has 0 saturated carbocycles. The van der Waals surface area contributed by atoms with Crippen molar-refractivity contribution in [2.24, 2.45) is 0 Å². The summed E-state index contributed by atoms with van der Waals surface area (Å²) >= 11 is 24.0. The van der Waals surface area contributed by atoms with Crippen LogP contribution in [0.25, 0.3) is 11.3 Å². The molecule has 128 valence electrons. The number of hydrogen-bond acceptors (Lipinski definition) is 4. The third-order valence-electron chi connectivity index (χ3n) is 3.19. The molecule has 2 N–H and O–H groups in total. The smallest absolute Gasteiger partial charge is 0.291 e. The number of halogens is 4. The van der Waals surface area contributed by atoms with E-state index in [4.69, 9.17) is 50.9 Å². The molecule has 0 aliphatic carbocycles. The van der Waals surface area contributed by atoms with Crippen molar-refractivity contribution in [2.45, 2.75) is 0 Å². The van der Waals surface area contributed by atoms with Gasteiger partial charge in [-0.05, 0) is 24.3 Å². The predicted octanol–water partition coefficient (Wildman–Crippen LogP) is 5.71. The molecular formula is C16H9Cl4N3O2. The second-order valence-electron chi connectivity index (χ2n) is 4.88. The van der Waals surface area contributed by atoms with Crippen molar-refractivity contribution in [3.63, 3.8) is 0 Å². The molecule has 1 amide bonds. The maximum absolute atomic E-state index is 12.2. The van der Waals surface area contributed by atoms with E-state index < -0.39 is 5.91 Å². The molecule has 0 saturated heterocycles. The Labute approximate surface area is 162 Å². The highest BCUT2D eigenvalue weighted by Gasteiger charge is 2.16. The quantitative estimate of drug-likeness (QED) is 0.534. The molecule has 1 aromatic heterocycles. The molecule has 0 fully saturated rings. The minimum absolute atomic E-state index is 0.0589. The van der Waals surface area contributed by atoms with Gasteiger partial charge in [-0.3, -0.25) is 15.6 Å². The van der Waals surface area contributed by atoms with E-state index in [9.17, 15) is 4.79 Å². The molecule has 0 radical (unpaired) electrons. The van der Waals surface area contributed by atoms with Crippen LogP contribution in [0.4, 0.5) is 5.69 Å². The van der Waals surface area contributed by atoms with Crippen LogP contribution < -0.4 is 10.9 Å². The minimum atomic E-state index is -0.538. The number of anilines is 1. The first-order valence-corrected chi connectivity index (χ1v) is 8.39. The lowest BCUT2D eigenvalue weighted by Crippen LogP contribution is -2.29. The van der Waals surface area contributed by atoms with Gasteiger partial charge in [-0.25, -0.2) is 0 Å². The highest BCUT2D eigenvalue weighted by atomic mass is 35.5. The van der Waals surface area contributed by atoms with Crippen LogP contribution in [0.5, 0.6) is 0 Å². The average molecular weight is 417 g/mol. The van der Waals surface area contributed by atoms with Crippen LogP contribution in [0.3, 0.4) is 0 Å². The standard InChI is InChI=1S/C16H9Cl4N3O2/c17-8-5-11(19)15(12(20)6-8)21-22-16(24)13-7-14(25-23-13)9-3-1-2-4-10(9)18/h1-7,21H,(H,22,24). The van der Waals surface area contributed by atoms with Gasteiger partial charge in [-0.1, -0.05) is 63.7 Å². The first-order valence-electron chi connectivity index (χ1n) is 6.88. The number of nitrogens with zero attached hydrogens (tertiary/aromatic N) is 1. The van der Waals surface area contributed by atoms with Crippen molar-refractivity contribution in [1.29, 1.82) is 0 Å². The largest absolute Gasteiger partial charge is 0.355 e. The fraction of sp³-hybridized carbons (Fsp3) is 0.